The van der Waals surface area contributed by atoms with E-state index in [2.05, 4.69) is 25.3 Å². The Kier molecular flexibility index (Phi) is 2.53. The maximum atomic E-state index is 5.83. The highest BCUT2D eigenvalue weighted by molar-refractivity contribution is 5.79. The molecule has 1 aromatic carbocycles. The molecule has 2 heterocycles. The summed E-state index contributed by atoms with van der Waals surface area (Å²) in [6, 6.07) is 10.1. The van der Waals surface area contributed by atoms with Gasteiger partial charge in [0.15, 0.2) is 12.1 Å². The number of nitrogen functional groups attached to an aromatic ring is 1. The second-order valence-electron chi connectivity index (χ2n) is 3.93. The lowest BCUT2D eigenvalue weighted by Gasteiger charge is -2.02. The number of aromatic amines is 2. The zero-order valence-corrected chi connectivity index (χ0v) is 9.64. The highest BCUT2D eigenvalue weighted by atomic mass is 15.2. The van der Waals surface area contributed by atoms with E-state index < -0.39 is 0 Å². The van der Waals surface area contributed by atoms with Gasteiger partial charge in [-0.15, -0.1) is 0 Å². The van der Waals surface area contributed by atoms with Crippen LogP contribution in [-0.4, -0.2) is 15.0 Å². The Morgan fingerprint density at radius 3 is 2.89 bits per heavy atom. The van der Waals surface area contributed by atoms with E-state index >= 15 is 0 Å². The van der Waals surface area contributed by atoms with E-state index in [4.69, 9.17) is 5.73 Å². The Balaban J connectivity index is 1.82. The van der Waals surface area contributed by atoms with Crippen LogP contribution in [0.25, 0.3) is 11.2 Å². The van der Waals surface area contributed by atoms with Crippen LogP contribution in [0, 0.1) is 0 Å². The van der Waals surface area contributed by atoms with E-state index in [9.17, 15) is 0 Å². The van der Waals surface area contributed by atoms with Crippen LogP contribution in [-0.2, 0) is 6.54 Å². The minimum absolute atomic E-state index is 0.428. The van der Waals surface area contributed by atoms with Crippen molar-refractivity contribution in [1.82, 2.24) is 15.0 Å². The maximum Gasteiger partial charge on any atom is 0.307 e. The summed E-state index contributed by atoms with van der Waals surface area (Å²) >= 11 is 0. The molecule has 0 amide bonds. The van der Waals surface area contributed by atoms with Gasteiger partial charge in [0.25, 0.3) is 0 Å². The Morgan fingerprint density at radius 2 is 2.06 bits per heavy atom. The van der Waals surface area contributed by atoms with Crippen LogP contribution in [0.4, 0.5) is 11.8 Å². The third kappa shape index (κ3) is 1.95. The number of H-pyrrole nitrogens is 2. The largest absolute Gasteiger partial charge is 0.380 e. The number of benzene rings is 1. The Bertz CT molecular complexity index is 661. The van der Waals surface area contributed by atoms with Gasteiger partial charge in [0, 0.05) is 6.54 Å². The standard InChI is InChI=1S/C12H12N6/c13-10-9-11(16-7-15-9)18-12(17-10)14-6-8-4-2-1-3-5-8/h1-5,7H,6H2,(H4,13,14,15,16,17,18)/p+1. The number of hydrogen-bond donors (Lipinski definition) is 3. The summed E-state index contributed by atoms with van der Waals surface area (Å²) in [6.07, 6.45) is 1.68. The molecule has 6 nitrogen and oxygen atoms in total. The normalized spacial score (nSPS) is 10.7. The van der Waals surface area contributed by atoms with Crippen molar-refractivity contribution in [2.45, 2.75) is 6.54 Å². The predicted octanol–water partition coefficient (Wildman–Crippen LogP) is 0.966. The minimum Gasteiger partial charge on any atom is -0.380 e. The van der Waals surface area contributed by atoms with E-state index in [1.54, 1.807) is 6.33 Å². The quantitative estimate of drug-likeness (QED) is 0.636. The van der Waals surface area contributed by atoms with Gasteiger partial charge in [-0.25, -0.2) is 4.98 Å². The van der Waals surface area contributed by atoms with Crippen LogP contribution in [0.3, 0.4) is 0 Å². The molecule has 18 heavy (non-hydrogen) atoms. The molecule has 0 radical (unpaired) electrons. The smallest absolute Gasteiger partial charge is 0.307 e. The van der Waals surface area contributed by atoms with Crippen LogP contribution >= 0.6 is 0 Å². The molecule has 6 heteroatoms. The molecular weight excluding hydrogens is 228 g/mol. The van der Waals surface area contributed by atoms with Crippen molar-refractivity contribution in [2.75, 3.05) is 11.1 Å². The topological polar surface area (TPSA) is 93.8 Å². The zero-order valence-electron chi connectivity index (χ0n) is 9.64. The van der Waals surface area contributed by atoms with Crippen molar-refractivity contribution in [1.29, 1.82) is 0 Å². The van der Waals surface area contributed by atoms with Gasteiger partial charge >= 0.3 is 11.6 Å². The van der Waals surface area contributed by atoms with Crippen LogP contribution < -0.4 is 16.0 Å². The first-order chi connectivity index (χ1) is 8.83. The number of anilines is 2. The lowest BCUT2D eigenvalue weighted by molar-refractivity contribution is -0.347. The van der Waals surface area contributed by atoms with Crippen molar-refractivity contribution < 1.29 is 4.98 Å². The molecule has 0 aliphatic carbocycles. The fraction of sp³-hybridized carbons (Fsp3) is 0.0833. The van der Waals surface area contributed by atoms with E-state index in [1.807, 2.05) is 30.3 Å². The zero-order chi connectivity index (χ0) is 12.4. The molecule has 0 unspecified atom stereocenters. The molecule has 3 rings (SSSR count). The molecule has 0 spiro atoms. The average molecular weight is 241 g/mol. The number of hydrogen-bond acceptors (Lipinski definition) is 4. The molecule has 5 N–H and O–H groups in total. The molecule has 0 fully saturated rings. The number of nitrogens with one attached hydrogen (secondary N) is 3. The van der Waals surface area contributed by atoms with Gasteiger partial charge < -0.3 is 11.1 Å². The molecule has 0 bridgehead atoms. The lowest BCUT2D eigenvalue weighted by atomic mass is 10.2. The van der Waals surface area contributed by atoms with Gasteiger partial charge in [-0.2, -0.15) is 4.98 Å². The van der Waals surface area contributed by atoms with Crippen LogP contribution in [0.15, 0.2) is 36.7 Å². The van der Waals surface area contributed by atoms with Gasteiger partial charge in [0.2, 0.25) is 5.52 Å². The summed E-state index contributed by atoms with van der Waals surface area (Å²) in [5.41, 5.74) is 8.41. The van der Waals surface area contributed by atoms with Gasteiger partial charge in [-0.05, 0) is 5.56 Å². The predicted molar refractivity (Wildman–Crippen MR) is 68.6 cm³/mol. The molecule has 0 aliphatic heterocycles. The summed E-state index contributed by atoms with van der Waals surface area (Å²) in [4.78, 5) is 14.4. The molecule has 90 valence electrons. The van der Waals surface area contributed by atoms with E-state index in [0.29, 0.717) is 24.0 Å². The highest BCUT2D eigenvalue weighted by Crippen LogP contribution is 2.13. The number of aromatic nitrogens is 4. The van der Waals surface area contributed by atoms with Gasteiger partial charge in [-0.1, -0.05) is 35.3 Å². The molecule has 0 atom stereocenters. The monoisotopic (exact) mass is 241 g/mol. The van der Waals surface area contributed by atoms with Crippen LogP contribution in [0.2, 0.25) is 0 Å². The van der Waals surface area contributed by atoms with Gasteiger partial charge in [0.1, 0.15) is 0 Å². The Morgan fingerprint density at radius 1 is 1.22 bits per heavy atom. The van der Waals surface area contributed by atoms with Crippen molar-refractivity contribution in [2.24, 2.45) is 0 Å². The number of rotatable bonds is 3. The summed E-state index contributed by atoms with van der Waals surface area (Å²) < 4.78 is 0. The molecule has 3 aromatic rings. The summed E-state index contributed by atoms with van der Waals surface area (Å²) in [5, 5.41) is 3.15. The second kappa shape index (κ2) is 4.33. The Labute approximate surface area is 103 Å². The van der Waals surface area contributed by atoms with Crippen molar-refractivity contribution in [3.05, 3.63) is 42.2 Å². The summed E-state index contributed by atoms with van der Waals surface area (Å²) in [7, 11) is 0. The van der Waals surface area contributed by atoms with Crippen molar-refractivity contribution in [3.8, 4) is 0 Å². The van der Waals surface area contributed by atoms with Gasteiger partial charge in [-0.3, -0.25) is 4.98 Å². The molecule has 0 saturated heterocycles. The first-order valence-corrected chi connectivity index (χ1v) is 5.63. The molecular formula is C12H13N6+. The fourth-order valence-corrected chi connectivity index (χ4v) is 1.76. The number of fused-ring (bicyclic) bond motifs is 1. The average Bonchev–Trinajstić information content (AvgIpc) is 2.86. The van der Waals surface area contributed by atoms with E-state index in [0.717, 1.165) is 11.1 Å². The van der Waals surface area contributed by atoms with Crippen molar-refractivity contribution >= 4 is 22.9 Å². The first kappa shape index (κ1) is 10.5. The fourth-order valence-electron chi connectivity index (χ4n) is 1.76. The molecule has 0 aliphatic rings. The van der Waals surface area contributed by atoms with Crippen LogP contribution in [0.1, 0.15) is 5.56 Å². The summed E-state index contributed by atoms with van der Waals surface area (Å²) in [6.45, 7) is 0.663. The van der Waals surface area contributed by atoms with E-state index in [1.165, 1.54) is 0 Å². The van der Waals surface area contributed by atoms with Crippen molar-refractivity contribution in [3.63, 3.8) is 0 Å². The number of imidazole rings is 1. The lowest BCUT2D eigenvalue weighted by Crippen LogP contribution is -2.08. The maximum absolute atomic E-state index is 5.83. The number of nitrogens with two attached hydrogens (primary N) is 1. The minimum atomic E-state index is 0.428. The SMILES string of the molecule is Nc1nc(NCc2ccccc2)nc2[nH+]c[nH]c12. The number of nitrogens with zero attached hydrogens (tertiary/aromatic N) is 2. The van der Waals surface area contributed by atoms with Crippen LogP contribution in [0.5, 0.6) is 0 Å². The third-order valence-electron chi connectivity index (χ3n) is 2.66. The third-order valence-corrected chi connectivity index (χ3v) is 2.66. The Hall–Kier alpha value is -2.63. The molecule has 2 aromatic heterocycles. The summed E-state index contributed by atoms with van der Waals surface area (Å²) in [5.74, 6) is 0.941. The van der Waals surface area contributed by atoms with Gasteiger partial charge in [0.05, 0.1) is 0 Å². The molecule has 0 saturated carbocycles. The second-order valence-corrected chi connectivity index (χ2v) is 3.93. The van der Waals surface area contributed by atoms with E-state index in [-0.39, 0.29) is 0 Å². The highest BCUT2D eigenvalue weighted by Gasteiger charge is 2.12. The first-order valence-electron chi connectivity index (χ1n) is 5.63.